The molecule has 0 N–H and O–H groups in total. The minimum Gasteiger partial charge on any atom is -0.545 e. The molecular formula is C30H27F3N4O2Si. The molecule has 6 nitrogen and oxygen atoms in total. The molecule has 1 aliphatic carbocycles. The molecule has 1 unspecified atom stereocenters. The standard InChI is InChI=1S/C30H27F3N4O2Si/c1-30(15-34,35-2)25-26(31)23(24(29(38)39)27(32)28(25)33)22-18-11-9-16(36(3)4)13-20(18)40(7,8)21-14-17(37(5)6)10-12-19(21)22/h9-14H,1,3-8H3. The summed E-state index contributed by atoms with van der Waals surface area (Å²) >= 11 is 0. The molecule has 1 atom stereocenters. The highest BCUT2D eigenvalue weighted by Gasteiger charge is 2.46. The molecule has 204 valence electrons. The second-order valence-electron chi connectivity index (χ2n) is 10.9. The summed E-state index contributed by atoms with van der Waals surface area (Å²) in [5.41, 5.74) is -2.98. The number of benzene rings is 2. The lowest BCUT2D eigenvalue weighted by molar-refractivity contribution is -0.462. The van der Waals surface area contributed by atoms with Crippen LogP contribution >= 0.6 is 0 Å². The first-order valence-electron chi connectivity index (χ1n) is 12.4. The third-order valence-corrected chi connectivity index (χ3v) is 11.1. The number of nitrogens with zero attached hydrogens (tertiary/aromatic N) is 4. The SMILES string of the molecule is [C-]#[N+]C(C)(C#N)c1c(F)c(F)c(C(=O)[O-])c(C2=C3C=CC(=[N+](C)C)C=C3[Si](C)(C)c3cc(N(C)C)ccc32)c1F. The summed E-state index contributed by atoms with van der Waals surface area (Å²) in [5.74, 6) is -7.40. The second kappa shape index (κ2) is 9.65. The van der Waals surface area contributed by atoms with Crippen LogP contribution in [-0.2, 0) is 5.54 Å². The summed E-state index contributed by atoms with van der Waals surface area (Å²) in [7, 11) is 4.92. The van der Waals surface area contributed by atoms with Crippen molar-refractivity contribution < 1.29 is 27.6 Å². The van der Waals surface area contributed by atoms with Gasteiger partial charge in [0.25, 0.3) is 0 Å². The Morgan fingerprint density at radius 2 is 1.80 bits per heavy atom. The van der Waals surface area contributed by atoms with Crippen LogP contribution in [0.1, 0.15) is 34.0 Å². The van der Waals surface area contributed by atoms with E-state index in [9.17, 15) is 15.2 Å². The van der Waals surface area contributed by atoms with Gasteiger partial charge in [-0.1, -0.05) is 19.2 Å². The van der Waals surface area contributed by atoms with Gasteiger partial charge in [0.05, 0.1) is 5.97 Å². The first-order valence-corrected chi connectivity index (χ1v) is 15.4. The smallest absolute Gasteiger partial charge is 0.343 e. The predicted molar refractivity (Wildman–Crippen MR) is 148 cm³/mol. The van der Waals surface area contributed by atoms with Crippen molar-refractivity contribution in [2.45, 2.75) is 25.6 Å². The first kappa shape index (κ1) is 28.6. The van der Waals surface area contributed by atoms with E-state index in [2.05, 4.69) is 17.9 Å². The van der Waals surface area contributed by atoms with Gasteiger partial charge in [-0.2, -0.15) is 5.26 Å². The van der Waals surface area contributed by atoms with Gasteiger partial charge in [0.2, 0.25) is 0 Å². The molecule has 2 aromatic rings. The first-order chi connectivity index (χ1) is 18.6. The Morgan fingerprint density at radius 3 is 2.33 bits per heavy atom. The van der Waals surface area contributed by atoms with E-state index in [1.165, 1.54) is 0 Å². The van der Waals surface area contributed by atoms with Gasteiger partial charge < -0.3 is 14.8 Å². The van der Waals surface area contributed by atoms with Crippen molar-refractivity contribution in [1.82, 2.24) is 0 Å². The fourth-order valence-electron chi connectivity index (χ4n) is 5.30. The fraction of sp³-hybridized carbons (Fsp3) is 0.267. The average Bonchev–Trinajstić information content (AvgIpc) is 2.90. The minimum absolute atomic E-state index is 0.0366. The molecule has 0 bridgehead atoms. The van der Waals surface area contributed by atoms with E-state index >= 15 is 13.2 Å². The van der Waals surface area contributed by atoms with E-state index in [0.29, 0.717) is 11.1 Å². The van der Waals surface area contributed by atoms with E-state index in [1.54, 1.807) is 30.4 Å². The molecule has 0 spiro atoms. The summed E-state index contributed by atoms with van der Waals surface area (Å²) in [4.78, 5) is 17.3. The maximum Gasteiger partial charge on any atom is 0.343 e. The molecular weight excluding hydrogens is 533 g/mol. The number of carboxylic acids is 1. The zero-order chi connectivity index (χ0) is 29.9. The van der Waals surface area contributed by atoms with Crippen molar-refractivity contribution in [3.05, 3.63) is 98.3 Å². The molecule has 0 saturated carbocycles. The van der Waals surface area contributed by atoms with Gasteiger partial charge in [-0.3, -0.25) is 4.85 Å². The largest absolute Gasteiger partial charge is 0.545 e. The third kappa shape index (κ3) is 4.07. The van der Waals surface area contributed by atoms with Crippen LogP contribution in [0.4, 0.5) is 18.9 Å². The molecule has 2 aromatic carbocycles. The van der Waals surface area contributed by atoms with Crippen molar-refractivity contribution in [2.75, 3.05) is 33.1 Å². The summed E-state index contributed by atoms with van der Waals surface area (Å²) in [6, 6.07) is 6.99. The number of hydrogen-bond donors (Lipinski definition) is 0. The lowest BCUT2D eigenvalue weighted by Gasteiger charge is -2.38. The number of carbonyl (C=O) groups excluding carboxylic acids is 1. The molecule has 4 rings (SSSR count). The van der Waals surface area contributed by atoms with Crippen LogP contribution in [0.3, 0.4) is 0 Å². The Balaban J connectivity index is 2.31. The number of allylic oxidation sites excluding steroid dienone is 5. The van der Waals surface area contributed by atoms with Gasteiger partial charge in [-0.15, -0.1) is 0 Å². The van der Waals surface area contributed by atoms with Gasteiger partial charge >= 0.3 is 5.54 Å². The highest BCUT2D eigenvalue weighted by molar-refractivity contribution is 6.98. The van der Waals surface area contributed by atoms with Gasteiger partial charge in [0.15, 0.2) is 23.4 Å². The summed E-state index contributed by atoms with van der Waals surface area (Å²) in [6.07, 6.45) is 5.44. The molecule has 1 aliphatic heterocycles. The maximum absolute atomic E-state index is 16.6. The molecule has 0 fully saturated rings. The second-order valence-corrected chi connectivity index (χ2v) is 15.2. The summed E-state index contributed by atoms with van der Waals surface area (Å²) in [5, 5.41) is 23.6. The fourth-order valence-corrected chi connectivity index (χ4v) is 8.37. The van der Waals surface area contributed by atoms with Crippen LogP contribution < -0.4 is 15.2 Å². The predicted octanol–water partition coefficient (Wildman–Crippen LogP) is 3.67. The van der Waals surface area contributed by atoms with Gasteiger partial charge in [0.1, 0.15) is 33.5 Å². The van der Waals surface area contributed by atoms with E-state index in [0.717, 1.165) is 28.7 Å². The Bertz CT molecular complexity index is 1700. The highest BCUT2D eigenvalue weighted by atomic mass is 28.3. The molecule has 0 radical (unpaired) electrons. The van der Waals surface area contributed by atoms with Gasteiger partial charge in [-0.05, 0) is 45.3 Å². The van der Waals surface area contributed by atoms with Crippen LogP contribution in [0.2, 0.25) is 13.1 Å². The van der Waals surface area contributed by atoms with Crippen LogP contribution in [0.15, 0.2) is 47.2 Å². The van der Waals surface area contributed by atoms with Crippen molar-refractivity contribution in [3.63, 3.8) is 0 Å². The van der Waals surface area contributed by atoms with Crippen LogP contribution in [0, 0.1) is 35.4 Å². The number of fused-ring (bicyclic) bond motifs is 2. The molecule has 0 amide bonds. The molecule has 2 aliphatic rings. The Labute approximate surface area is 232 Å². The number of anilines is 1. The van der Waals surface area contributed by atoms with Crippen molar-refractivity contribution in [1.29, 1.82) is 5.26 Å². The van der Waals surface area contributed by atoms with Crippen LogP contribution in [0.25, 0.3) is 10.4 Å². The van der Waals surface area contributed by atoms with Crippen molar-refractivity contribution in [2.24, 2.45) is 0 Å². The highest BCUT2D eigenvalue weighted by Crippen LogP contribution is 2.46. The number of halogens is 3. The quantitative estimate of drug-likeness (QED) is 0.248. The van der Waals surface area contributed by atoms with E-state index in [1.807, 2.05) is 49.8 Å². The molecule has 0 saturated heterocycles. The zero-order valence-electron chi connectivity index (χ0n) is 23.2. The molecule has 0 aromatic heterocycles. The zero-order valence-corrected chi connectivity index (χ0v) is 24.2. The lowest BCUT2D eigenvalue weighted by Crippen LogP contribution is -2.50. The van der Waals surface area contributed by atoms with Gasteiger partial charge in [-0.25, -0.2) is 24.3 Å². The Kier molecular flexibility index (Phi) is 6.90. The monoisotopic (exact) mass is 560 g/mol. The minimum atomic E-state index is -2.54. The molecule has 1 heterocycles. The maximum atomic E-state index is 16.6. The summed E-state index contributed by atoms with van der Waals surface area (Å²) in [6.45, 7) is 12.6. The van der Waals surface area contributed by atoms with E-state index in [4.69, 9.17) is 6.57 Å². The number of nitriles is 1. The number of carbonyl (C=O) groups is 1. The Hall–Kier alpha value is -4.41. The number of aromatic carboxylic acids is 1. The van der Waals surface area contributed by atoms with Crippen molar-refractivity contribution >= 4 is 36.2 Å². The average molecular weight is 561 g/mol. The topological polar surface area (TPSA) is 74.5 Å². The molecule has 10 heteroatoms. The van der Waals surface area contributed by atoms with E-state index in [-0.39, 0.29) is 5.57 Å². The van der Waals surface area contributed by atoms with Gasteiger partial charge in [0, 0.05) is 50.0 Å². The summed E-state index contributed by atoms with van der Waals surface area (Å²) < 4.78 is 49.3. The van der Waals surface area contributed by atoms with Crippen molar-refractivity contribution in [3.8, 4) is 6.07 Å². The van der Waals surface area contributed by atoms with Crippen LogP contribution in [0.5, 0.6) is 0 Å². The number of rotatable bonds is 4. The third-order valence-electron chi connectivity index (χ3n) is 7.63. The number of carboxylic acid groups (broad SMARTS) is 1. The van der Waals surface area contributed by atoms with Crippen LogP contribution in [-0.4, -0.2) is 52.5 Å². The van der Waals surface area contributed by atoms with E-state index < -0.39 is 53.7 Å². The lowest BCUT2D eigenvalue weighted by atomic mass is 9.82. The number of hydrogen-bond acceptors (Lipinski definition) is 4. The Morgan fingerprint density at radius 1 is 1.15 bits per heavy atom. The molecule has 40 heavy (non-hydrogen) atoms. The normalized spacial score (nSPS) is 16.7.